The SMILES string of the molecule is Cl.NC(Cc1ccc(Oc2ccccc2)cc1)C(=O)O. The van der Waals surface area contributed by atoms with Crippen molar-refractivity contribution >= 4 is 18.4 Å². The Kier molecular flexibility index (Phi) is 6.03. The summed E-state index contributed by atoms with van der Waals surface area (Å²) in [6, 6.07) is 15.8. The van der Waals surface area contributed by atoms with Gasteiger partial charge in [-0.3, -0.25) is 4.79 Å². The third-order valence-electron chi connectivity index (χ3n) is 2.68. The molecule has 0 aliphatic rings. The zero-order valence-corrected chi connectivity index (χ0v) is 11.5. The Labute approximate surface area is 123 Å². The van der Waals surface area contributed by atoms with Gasteiger partial charge in [0.25, 0.3) is 0 Å². The van der Waals surface area contributed by atoms with Crippen LogP contribution in [0.5, 0.6) is 11.5 Å². The molecule has 0 amide bonds. The van der Waals surface area contributed by atoms with Crippen LogP contribution in [-0.2, 0) is 11.2 Å². The van der Waals surface area contributed by atoms with Crippen LogP contribution in [0, 0.1) is 0 Å². The van der Waals surface area contributed by atoms with Gasteiger partial charge in [0.1, 0.15) is 17.5 Å². The molecule has 0 aliphatic heterocycles. The van der Waals surface area contributed by atoms with E-state index in [-0.39, 0.29) is 12.4 Å². The minimum Gasteiger partial charge on any atom is -0.480 e. The Hall–Kier alpha value is -2.04. The van der Waals surface area contributed by atoms with E-state index in [1.54, 1.807) is 12.1 Å². The molecule has 1 atom stereocenters. The van der Waals surface area contributed by atoms with E-state index in [1.165, 1.54) is 0 Å². The van der Waals surface area contributed by atoms with Gasteiger partial charge in [-0.05, 0) is 36.2 Å². The Balaban J connectivity index is 0.00000200. The summed E-state index contributed by atoms with van der Waals surface area (Å²) >= 11 is 0. The topological polar surface area (TPSA) is 72.5 Å². The first-order valence-corrected chi connectivity index (χ1v) is 5.95. The fraction of sp³-hybridized carbons (Fsp3) is 0.133. The van der Waals surface area contributed by atoms with Gasteiger partial charge in [-0.2, -0.15) is 0 Å². The summed E-state index contributed by atoms with van der Waals surface area (Å²) in [6.45, 7) is 0. The van der Waals surface area contributed by atoms with Crippen molar-refractivity contribution in [3.8, 4) is 11.5 Å². The van der Waals surface area contributed by atoms with Crippen molar-refractivity contribution in [3.63, 3.8) is 0 Å². The van der Waals surface area contributed by atoms with E-state index in [0.717, 1.165) is 11.3 Å². The number of rotatable bonds is 5. The van der Waals surface area contributed by atoms with Crippen molar-refractivity contribution in [2.24, 2.45) is 5.73 Å². The van der Waals surface area contributed by atoms with E-state index in [2.05, 4.69) is 0 Å². The summed E-state index contributed by atoms with van der Waals surface area (Å²) in [6.07, 6.45) is 0.306. The van der Waals surface area contributed by atoms with E-state index in [0.29, 0.717) is 12.2 Å². The largest absolute Gasteiger partial charge is 0.480 e. The van der Waals surface area contributed by atoms with Crippen molar-refractivity contribution in [2.45, 2.75) is 12.5 Å². The van der Waals surface area contributed by atoms with E-state index in [4.69, 9.17) is 15.6 Å². The maximum atomic E-state index is 10.7. The normalized spacial score (nSPS) is 11.2. The summed E-state index contributed by atoms with van der Waals surface area (Å²) in [7, 11) is 0. The van der Waals surface area contributed by atoms with Gasteiger partial charge in [0, 0.05) is 0 Å². The molecule has 4 nitrogen and oxygen atoms in total. The van der Waals surface area contributed by atoms with Gasteiger partial charge in [0.15, 0.2) is 0 Å². The third kappa shape index (κ3) is 4.57. The predicted molar refractivity (Wildman–Crippen MR) is 79.5 cm³/mol. The lowest BCUT2D eigenvalue weighted by Gasteiger charge is -2.08. The highest BCUT2D eigenvalue weighted by Crippen LogP contribution is 2.21. The third-order valence-corrected chi connectivity index (χ3v) is 2.68. The van der Waals surface area contributed by atoms with Crippen molar-refractivity contribution in [1.82, 2.24) is 0 Å². The van der Waals surface area contributed by atoms with E-state index in [9.17, 15) is 4.79 Å². The quantitative estimate of drug-likeness (QED) is 0.889. The monoisotopic (exact) mass is 293 g/mol. The second kappa shape index (κ2) is 7.53. The van der Waals surface area contributed by atoms with Gasteiger partial charge in [-0.15, -0.1) is 12.4 Å². The molecule has 0 heterocycles. The van der Waals surface area contributed by atoms with Crippen LogP contribution < -0.4 is 10.5 Å². The molecular weight excluding hydrogens is 278 g/mol. The second-order valence-corrected chi connectivity index (χ2v) is 4.21. The van der Waals surface area contributed by atoms with Crippen LogP contribution in [0.2, 0.25) is 0 Å². The smallest absolute Gasteiger partial charge is 0.320 e. The van der Waals surface area contributed by atoms with Gasteiger partial charge in [0.05, 0.1) is 0 Å². The van der Waals surface area contributed by atoms with Crippen molar-refractivity contribution in [2.75, 3.05) is 0 Å². The van der Waals surface area contributed by atoms with Gasteiger partial charge < -0.3 is 15.6 Å². The second-order valence-electron chi connectivity index (χ2n) is 4.21. The van der Waals surface area contributed by atoms with Crippen LogP contribution in [0.4, 0.5) is 0 Å². The molecule has 0 aliphatic carbocycles. The molecule has 2 aromatic rings. The van der Waals surface area contributed by atoms with Crippen LogP contribution in [0.15, 0.2) is 54.6 Å². The maximum absolute atomic E-state index is 10.7. The summed E-state index contributed by atoms with van der Waals surface area (Å²) in [5.74, 6) is 0.473. The highest BCUT2D eigenvalue weighted by molar-refractivity contribution is 5.85. The van der Waals surface area contributed by atoms with Gasteiger partial charge in [-0.1, -0.05) is 30.3 Å². The zero-order chi connectivity index (χ0) is 13.7. The standard InChI is InChI=1S/C15H15NO3.ClH/c16-14(15(17)18)10-11-6-8-13(9-7-11)19-12-4-2-1-3-5-12;/h1-9,14H,10,16H2,(H,17,18);1H. The fourth-order valence-corrected chi connectivity index (χ4v) is 1.66. The number of carbonyl (C=O) groups is 1. The lowest BCUT2D eigenvalue weighted by Crippen LogP contribution is -2.32. The number of ether oxygens (including phenoxy) is 1. The number of hydrogen-bond acceptors (Lipinski definition) is 3. The highest BCUT2D eigenvalue weighted by atomic mass is 35.5. The Morgan fingerprint density at radius 2 is 1.60 bits per heavy atom. The number of carboxylic acids is 1. The Morgan fingerprint density at radius 3 is 2.15 bits per heavy atom. The molecule has 0 bridgehead atoms. The molecular formula is C15H16ClNO3. The molecule has 0 spiro atoms. The summed E-state index contributed by atoms with van der Waals surface area (Å²) in [5.41, 5.74) is 6.35. The van der Waals surface area contributed by atoms with E-state index < -0.39 is 12.0 Å². The molecule has 3 N–H and O–H groups in total. The number of aliphatic carboxylic acids is 1. The number of para-hydroxylation sites is 1. The lowest BCUT2D eigenvalue weighted by molar-refractivity contribution is -0.138. The van der Waals surface area contributed by atoms with Crippen molar-refractivity contribution < 1.29 is 14.6 Å². The molecule has 0 saturated carbocycles. The van der Waals surface area contributed by atoms with Crippen LogP contribution in [0.3, 0.4) is 0 Å². The molecule has 20 heavy (non-hydrogen) atoms. The molecule has 0 aromatic heterocycles. The fourth-order valence-electron chi connectivity index (χ4n) is 1.66. The minimum absolute atomic E-state index is 0. The van der Waals surface area contributed by atoms with Gasteiger partial charge in [-0.25, -0.2) is 0 Å². The lowest BCUT2D eigenvalue weighted by atomic mass is 10.1. The number of hydrogen-bond donors (Lipinski definition) is 2. The molecule has 2 aromatic carbocycles. The zero-order valence-electron chi connectivity index (χ0n) is 10.7. The van der Waals surface area contributed by atoms with Crippen LogP contribution in [-0.4, -0.2) is 17.1 Å². The molecule has 106 valence electrons. The molecule has 0 fully saturated rings. The van der Waals surface area contributed by atoms with E-state index >= 15 is 0 Å². The van der Waals surface area contributed by atoms with Gasteiger partial charge >= 0.3 is 5.97 Å². The van der Waals surface area contributed by atoms with E-state index in [1.807, 2.05) is 42.5 Å². The number of halogens is 1. The first-order chi connectivity index (χ1) is 9.15. The minimum atomic E-state index is -0.996. The maximum Gasteiger partial charge on any atom is 0.320 e. The highest BCUT2D eigenvalue weighted by Gasteiger charge is 2.11. The summed E-state index contributed by atoms with van der Waals surface area (Å²) in [5, 5.41) is 8.74. The first kappa shape index (κ1) is 16.0. The molecule has 2 rings (SSSR count). The molecule has 0 saturated heterocycles. The van der Waals surface area contributed by atoms with Crippen LogP contribution in [0.1, 0.15) is 5.56 Å². The Morgan fingerprint density at radius 1 is 1.05 bits per heavy atom. The predicted octanol–water partition coefficient (Wildman–Crippen LogP) is 2.86. The Bertz CT molecular complexity index is 543. The number of carboxylic acid groups (broad SMARTS) is 1. The first-order valence-electron chi connectivity index (χ1n) is 5.95. The van der Waals surface area contributed by atoms with Crippen molar-refractivity contribution in [3.05, 3.63) is 60.2 Å². The van der Waals surface area contributed by atoms with Crippen LogP contribution in [0.25, 0.3) is 0 Å². The number of benzene rings is 2. The molecule has 1 unspecified atom stereocenters. The van der Waals surface area contributed by atoms with Crippen molar-refractivity contribution in [1.29, 1.82) is 0 Å². The summed E-state index contributed by atoms with van der Waals surface area (Å²) in [4.78, 5) is 10.7. The van der Waals surface area contributed by atoms with Crippen LogP contribution >= 0.6 is 12.4 Å². The summed E-state index contributed by atoms with van der Waals surface area (Å²) < 4.78 is 5.64. The average Bonchev–Trinajstić information content (AvgIpc) is 2.42. The molecule has 0 radical (unpaired) electrons. The molecule has 5 heteroatoms. The van der Waals surface area contributed by atoms with Gasteiger partial charge in [0.2, 0.25) is 0 Å². The number of nitrogens with two attached hydrogens (primary N) is 1. The average molecular weight is 294 g/mol.